The number of carbonyl (C=O) groups is 1. The molecule has 2 aliphatic rings. The number of nitriles is 1. The Morgan fingerprint density at radius 1 is 1.12 bits per heavy atom. The minimum absolute atomic E-state index is 0.00648. The van der Waals surface area contributed by atoms with Gasteiger partial charge in [-0.2, -0.15) is 5.26 Å². The van der Waals surface area contributed by atoms with Gasteiger partial charge in [0.05, 0.1) is 23.6 Å². The number of ether oxygens (including phenoxy) is 1. The molecule has 1 atom stereocenters. The molecular weight excluding hydrogens is 532 g/mol. The second kappa shape index (κ2) is 11.7. The first kappa shape index (κ1) is 27.7. The van der Waals surface area contributed by atoms with Crippen molar-refractivity contribution in [1.29, 1.82) is 5.26 Å². The predicted octanol–water partition coefficient (Wildman–Crippen LogP) is 6.64. The van der Waals surface area contributed by atoms with Crippen LogP contribution < -0.4 is 4.74 Å². The zero-order chi connectivity index (χ0) is 28.4. The van der Waals surface area contributed by atoms with Crippen LogP contribution in [0.5, 0.6) is 5.75 Å². The number of carboxylic acid groups (broad SMARTS) is 1. The van der Waals surface area contributed by atoms with Crippen LogP contribution in [-0.2, 0) is 11.4 Å². The number of hydrogen-bond acceptors (Lipinski definition) is 6. The molecule has 0 saturated carbocycles. The third kappa shape index (κ3) is 5.82. The SMILES string of the molecule is Cc1cc(-c2ccc(C#N)cc2C)ccc1COc1c(F)cc(F)cc1C1CSC(N2CCC(C(=O)O)CC2)=N1. The molecule has 9 heteroatoms. The van der Waals surface area contributed by atoms with Gasteiger partial charge in [-0.05, 0) is 72.7 Å². The first-order valence-electron chi connectivity index (χ1n) is 13.1. The van der Waals surface area contributed by atoms with Crippen molar-refractivity contribution in [2.24, 2.45) is 10.9 Å². The van der Waals surface area contributed by atoms with Crippen molar-refractivity contribution >= 4 is 22.9 Å². The zero-order valence-electron chi connectivity index (χ0n) is 22.3. The van der Waals surface area contributed by atoms with Gasteiger partial charge in [-0.1, -0.05) is 36.0 Å². The van der Waals surface area contributed by atoms with Crippen LogP contribution in [0.1, 0.15) is 46.7 Å². The number of piperidine rings is 1. The molecule has 0 spiro atoms. The van der Waals surface area contributed by atoms with E-state index in [1.165, 1.54) is 17.8 Å². The van der Waals surface area contributed by atoms with E-state index in [2.05, 4.69) is 11.0 Å². The quantitative estimate of drug-likeness (QED) is 0.363. The monoisotopic (exact) mass is 561 g/mol. The molecule has 1 fully saturated rings. The molecule has 5 rings (SSSR count). The molecule has 0 bridgehead atoms. The molecule has 2 aliphatic heterocycles. The Hall–Kier alpha value is -3.90. The lowest BCUT2D eigenvalue weighted by Gasteiger charge is -2.31. The molecule has 2 heterocycles. The van der Waals surface area contributed by atoms with E-state index in [-0.39, 0.29) is 18.3 Å². The summed E-state index contributed by atoms with van der Waals surface area (Å²) in [4.78, 5) is 18.1. The number of halogens is 2. The van der Waals surface area contributed by atoms with Crippen LogP contribution in [0.25, 0.3) is 11.1 Å². The third-order valence-electron chi connectivity index (χ3n) is 7.53. The Morgan fingerprint density at radius 2 is 1.90 bits per heavy atom. The fourth-order valence-electron chi connectivity index (χ4n) is 5.22. The summed E-state index contributed by atoms with van der Waals surface area (Å²) in [5.41, 5.74) is 5.85. The van der Waals surface area contributed by atoms with Gasteiger partial charge in [0.25, 0.3) is 0 Å². The van der Waals surface area contributed by atoms with Gasteiger partial charge in [-0.3, -0.25) is 9.79 Å². The number of hydrogen-bond donors (Lipinski definition) is 1. The lowest BCUT2D eigenvalue weighted by atomic mass is 9.96. The number of rotatable bonds is 6. The Bertz CT molecular complexity index is 1530. The average Bonchev–Trinajstić information content (AvgIpc) is 3.43. The summed E-state index contributed by atoms with van der Waals surface area (Å²) in [5.74, 6) is -2.06. The van der Waals surface area contributed by atoms with Gasteiger partial charge >= 0.3 is 5.97 Å². The van der Waals surface area contributed by atoms with Crippen LogP contribution in [0.4, 0.5) is 8.78 Å². The number of benzene rings is 3. The molecule has 1 N–H and O–H groups in total. The van der Waals surface area contributed by atoms with E-state index in [0.29, 0.717) is 42.8 Å². The van der Waals surface area contributed by atoms with Gasteiger partial charge in [0.1, 0.15) is 12.4 Å². The largest absolute Gasteiger partial charge is 0.485 e. The first-order valence-corrected chi connectivity index (χ1v) is 14.1. The minimum Gasteiger partial charge on any atom is -0.485 e. The number of nitrogens with zero attached hydrogens (tertiary/aromatic N) is 3. The minimum atomic E-state index is -0.773. The molecule has 0 aliphatic carbocycles. The average molecular weight is 562 g/mol. The van der Waals surface area contributed by atoms with Crippen LogP contribution in [0.3, 0.4) is 0 Å². The van der Waals surface area contributed by atoms with Crippen LogP contribution >= 0.6 is 11.8 Å². The highest BCUT2D eigenvalue weighted by molar-refractivity contribution is 8.14. The highest BCUT2D eigenvalue weighted by Gasteiger charge is 2.31. The van der Waals surface area contributed by atoms with Crippen molar-refractivity contribution in [3.05, 3.63) is 88.0 Å². The number of aryl methyl sites for hydroxylation is 2. The molecular formula is C31H29F2N3O3S. The second-order valence-corrected chi connectivity index (χ2v) is 11.2. The number of aliphatic imine (C=N–C) groups is 1. The van der Waals surface area contributed by atoms with Crippen LogP contribution in [-0.4, -0.2) is 40.0 Å². The standard InChI is InChI=1S/C31H29F2N3O3S/c1-18-12-22(25-6-3-20(15-34)11-19(25)2)4-5-23(18)16-39-29-26(13-24(32)14-27(29)33)28-17-40-31(35-28)36-9-7-21(8-10-36)30(37)38/h3-6,11-14,21,28H,7-10,16-17H2,1-2H3,(H,37,38). The van der Waals surface area contributed by atoms with Crippen molar-refractivity contribution in [1.82, 2.24) is 4.90 Å². The fraction of sp³-hybridized carbons (Fsp3) is 0.323. The molecule has 3 aromatic carbocycles. The van der Waals surface area contributed by atoms with E-state index >= 15 is 4.39 Å². The third-order valence-corrected chi connectivity index (χ3v) is 8.63. The van der Waals surface area contributed by atoms with Crippen LogP contribution in [0.15, 0.2) is 53.5 Å². The summed E-state index contributed by atoms with van der Waals surface area (Å²) in [6.45, 7) is 5.21. The smallest absolute Gasteiger partial charge is 0.306 e. The van der Waals surface area contributed by atoms with Gasteiger partial charge in [-0.25, -0.2) is 8.78 Å². The number of amidine groups is 1. The normalized spacial score (nSPS) is 17.4. The fourth-order valence-corrected chi connectivity index (χ4v) is 6.35. The van der Waals surface area contributed by atoms with E-state index in [9.17, 15) is 14.3 Å². The van der Waals surface area contributed by atoms with Gasteiger partial charge in [0.15, 0.2) is 16.7 Å². The molecule has 0 radical (unpaired) electrons. The summed E-state index contributed by atoms with van der Waals surface area (Å²) in [6.07, 6.45) is 1.09. The van der Waals surface area contributed by atoms with E-state index < -0.39 is 23.6 Å². The van der Waals surface area contributed by atoms with Crippen molar-refractivity contribution in [2.45, 2.75) is 39.3 Å². The van der Waals surface area contributed by atoms with Crippen molar-refractivity contribution in [3.8, 4) is 22.9 Å². The maximum Gasteiger partial charge on any atom is 0.306 e. The van der Waals surface area contributed by atoms with Gasteiger partial charge < -0.3 is 14.7 Å². The lowest BCUT2D eigenvalue weighted by Crippen LogP contribution is -2.38. The van der Waals surface area contributed by atoms with Crippen molar-refractivity contribution in [3.63, 3.8) is 0 Å². The maximum atomic E-state index is 15.0. The zero-order valence-corrected chi connectivity index (χ0v) is 23.1. The topological polar surface area (TPSA) is 85.9 Å². The number of aliphatic carboxylic acids is 1. The number of likely N-dealkylation sites (tertiary alicyclic amines) is 1. The predicted molar refractivity (Wildman–Crippen MR) is 151 cm³/mol. The van der Waals surface area contributed by atoms with Crippen molar-refractivity contribution in [2.75, 3.05) is 18.8 Å². The summed E-state index contributed by atoms with van der Waals surface area (Å²) < 4.78 is 35.3. The molecule has 6 nitrogen and oxygen atoms in total. The Labute approximate surface area is 236 Å². The molecule has 0 amide bonds. The first-order chi connectivity index (χ1) is 19.2. The molecule has 206 valence electrons. The molecule has 0 aromatic heterocycles. The molecule has 1 saturated heterocycles. The van der Waals surface area contributed by atoms with Gasteiger partial charge in [0, 0.05) is 30.5 Å². The molecule has 40 heavy (non-hydrogen) atoms. The molecule has 3 aromatic rings. The van der Waals surface area contributed by atoms with Crippen LogP contribution in [0.2, 0.25) is 0 Å². The van der Waals surface area contributed by atoms with E-state index in [1.807, 2.05) is 44.2 Å². The lowest BCUT2D eigenvalue weighted by molar-refractivity contribution is -0.143. The Morgan fingerprint density at radius 3 is 2.58 bits per heavy atom. The van der Waals surface area contributed by atoms with Gasteiger partial charge in [-0.15, -0.1) is 0 Å². The number of thioether (sulfide) groups is 1. The van der Waals surface area contributed by atoms with Crippen molar-refractivity contribution < 1.29 is 23.4 Å². The summed E-state index contributed by atoms with van der Waals surface area (Å²) >= 11 is 1.51. The van der Waals surface area contributed by atoms with E-state index in [0.717, 1.165) is 39.1 Å². The summed E-state index contributed by atoms with van der Waals surface area (Å²) in [6, 6.07) is 15.3. The highest BCUT2D eigenvalue weighted by atomic mass is 32.2. The second-order valence-electron chi connectivity index (χ2n) is 10.2. The summed E-state index contributed by atoms with van der Waals surface area (Å²) in [5, 5.41) is 19.2. The van der Waals surface area contributed by atoms with Gasteiger partial charge in [0.2, 0.25) is 0 Å². The summed E-state index contributed by atoms with van der Waals surface area (Å²) in [7, 11) is 0. The maximum absolute atomic E-state index is 15.0. The van der Waals surface area contributed by atoms with E-state index in [1.54, 1.807) is 6.07 Å². The van der Waals surface area contributed by atoms with Crippen LogP contribution in [0, 0.1) is 42.7 Å². The highest BCUT2D eigenvalue weighted by Crippen LogP contribution is 2.39. The number of carboxylic acids is 1. The Kier molecular flexibility index (Phi) is 8.08. The Balaban J connectivity index is 1.33. The molecule has 1 unspecified atom stereocenters. The van der Waals surface area contributed by atoms with E-state index in [4.69, 9.17) is 15.0 Å².